The fraction of sp³-hybridized carbons (Fsp3) is 0.268. The number of hydrogen-bond donors (Lipinski definition) is 1. The molecule has 2 fully saturated rings. The zero-order valence-electron chi connectivity index (χ0n) is 29.8. The Balaban J connectivity index is 1.27. The van der Waals surface area contributed by atoms with Crippen molar-refractivity contribution in [3.8, 4) is 5.75 Å². The Morgan fingerprint density at radius 3 is 2.39 bits per heavy atom. The number of aryl methyl sites for hydroxylation is 2. The molecule has 278 valence electrons. The third-order valence-electron chi connectivity index (χ3n) is 10.1. The molecule has 7 rings (SSSR count). The van der Waals surface area contributed by atoms with Crippen molar-refractivity contribution in [2.75, 3.05) is 19.6 Å². The molecule has 0 saturated carbocycles. The third kappa shape index (κ3) is 7.16. The number of para-hydroxylation sites is 1. The fourth-order valence-electron chi connectivity index (χ4n) is 7.50. The molecule has 0 aromatic heterocycles. The van der Waals surface area contributed by atoms with Crippen molar-refractivity contribution in [2.24, 2.45) is 0 Å². The third-order valence-corrected chi connectivity index (χ3v) is 12.2. The Hall–Kier alpha value is -5.30. The molecule has 3 aliphatic rings. The summed E-state index contributed by atoms with van der Waals surface area (Å²) in [6.45, 7) is 5.81. The molecule has 3 heterocycles. The van der Waals surface area contributed by atoms with E-state index in [2.05, 4.69) is 6.58 Å². The second-order valence-corrected chi connectivity index (χ2v) is 16.1. The van der Waals surface area contributed by atoms with Gasteiger partial charge in [0.2, 0.25) is 23.4 Å². The number of phenolic OH excluding ortho intramolecular Hbond substituents is 1. The lowest BCUT2D eigenvalue weighted by atomic mass is 9.97. The number of piperazine rings is 1. The molecule has 13 heteroatoms. The van der Waals surface area contributed by atoms with E-state index in [1.54, 1.807) is 75.6 Å². The number of benzene rings is 4. The first-order valence-electron chi connectivity index (χ1n) is 17.8. The second-order valence-electron chi connectivity index (χ2n) is 13.8. The Morgan fingerprint density at radius 2 is 1.69 bits per heavy atom. The number of carbonyl (C=O) groups is 3. The lowest BCUT2D eigenvalue weighted by Gasteiger charge is -2.55. The average molecular weight is 767 g/mol. The number of amides is 3. The largest absolute Gasteiger partial charge is 0.508 e. The molecule has 0 spiro atoms. The highest BCUT2D eigenvalue weighted by Gasteiger charge is 2.51. The maximum Gasteiger partial charge on any atom is 0.400 e. The van der Waals surface area contributed by atoms with Crippen molar-refractivity contribution in [3.05, 3.63) is 138 Å². The molecule has 2 saturated heterocycles. The minimum atomic E-state index is -4.08. The molecule has 0 aliphatic carbocycles. The van der Waals surface area contributed by atoms with Gasteiger partial charge >= 0.3 is 10.0 Å². The summed E-state index contributed by atoms with van der Waals surface area (Å²) in [6, 6.07) is 27.0. The molecule has 3 aliphatic heterocycles. The van der Waals surface area contributed by atoms with E-state index in [0.29, 0.717) is 28.8 Å². The molecule has 3 amide bonds. The second kappa shape index (κ2) is 15.2. The predicted molar refractivity (Wildman–Crippen MR) is 204 cm³/mol. The fourth-order valence-corrected chi connectivity index (χ4v) is 9.31. The quantitative estimate of drug-likeness (QED) is 0.128. The van der Waals surface area contributed by atoms with E-state index in [9.17, 15) is 27.9 Å². The number of hydrazine groups is 1. The minimum Gasteiger partial charge on any atom is -0.508 e. The lowest BCUT2D eigenvalue weighted by Crippen LogP contribution is -2.75. The van der Waals surface area contributed by atoms with Crippen LogP contribution >= 0.6 is 11.6 Å². The van der Waals surface area contributed by atoms with Crippen LogP contribution in [0.1, 0.15) is 39.6 Å². The van der Waals surface area contributed by atoms with Gasteiger partial charge in [0.15, 0.2) is 6.21 Å². The van der Waals surface area contributed by atoms with Gasteiger partial charge < -0.3 is 14.9 Å². The zero-order chi connectivity index (χ0) is 38.1. The Kier molecular flexibility index (Phi) is 10.4. The molecular formula is C41H41ClN5O6S+. The number of halogens is 1. The van der Waals surface area contributed by atoms with Gasteiger partial charge in [0, 0.05) is 24.9 Å². The molecular weight excluding hydrogens is 726 g/mol. The highest BCUT2D eigenvalue weighted by atomic mass is 35.5. The van der Waals surface area contributed by atoms with Crippen LogP contribution in [0.25, 0.3) is 0 Å². The standard InChI is InChI=1S/C41H40ClN5O6S/c1-3-22-44-27-39(50)46-36(23-30-14-17-32(48)18-15-30)41(51)43(26-37(46)47(44)38(49)21-16-29-8-5-4-6-9-29)24-31-10-7-11-34-35(42)25-45(40(31)34)54(52,53)33-19-12-28(2)13-20-33/h3-15,17-20,25,35-37H,1,16,21-24,26-27H2,2H3/p+1/t35?,36-,37-/m0/s1. The van der Waals surface area contributed by atoms with Crippen molar-refractivity contribution in [1.82, 2.24) is 19.8 Å². The van der Waals surface area contributed by atoms with Crippen LogP contribution in [-0.2, 0) is 43.8 Å². The number of sulfonamides is 1. The van der Waals surface area contributed by atoms with E-state index in [4.69, 9.17) is 11.6 Å². The molecule has 0 bridgehead atoms. The van der Waals surface area contributed by atoms with Crippen LogP contribution in [0.15, 0.2) is 115 Å². The van der Waals surface area contributed by atoms with Crippen molar-refractivity contribution < 1.29 is 31.9 Å². The van der Waals surface area contributed by atoms with Crippen LogP contribution in [0.5, 0.6) is 5.75 Å². The first-order chi connectivity index (χ1) is 26.0. The zero-order valence-corrected chi connectivity index (χ0v) is 31.4. The molecule has 1 N–H and O–H groups in total. The maximum absolute atomic E-state index is 14.7. The van der Waals surface area contributed by atoms with Gasteiger partial charge in [0.1, 0.15) is 28.2 Å². The van der Waals surface area contributed by atoms with E-state index in [1.165, 1.54) is 27.2 Å². The van der Waals surface area contributed by atoms with Gasteiger partial charge in [-0.2, -0.15) is 8.42 Å². The van der Waals surface area contributed by atoms with E-state index in [0.717, 1.165) is 11.1 Å². The van der Waals surface area contributed by atoms with Crippen LogP contribution in [0.4, 0.5) is 5.69 Å². The van der Waals surface area contributed by atoms with E-state index in [-0.39, 0.29) is 67.4 Å². The topological polar surface area (TPSA) is 122 Å². The summed E-state index contributed by atoms with van der Waals surface area (Å²) < 4.78 is 29.4. The lowest BCUT2D eigenvalue weighted by molar-refractivity contribution is -0.252. The average Bonchev–Trinajstić information content (AvgIpc) is 3.51. The summed E-state index contributed by atoms with van der Waals surface area (Å²) in [5, 5.41) is 12.5. The van der Waals surface area contributed by atoms with Crippen LogP contribution in [0.3, 0.4) is 0 Å². The van der Waals surface area contributed by atoms with Gasteiger partial charge in [-0.25, -0.2) is 10.0 Å². The maximum atomic E-state index is 14.7. The number of phenols is 1. The highest BCUT2D eigenvalue weighted by Crippen LogP contribution is 2.41. The Bertz CT molecular complexity index is 2230. The number of fused-ring (bicyclic) bond motifs is 2. The van der Waals surface area contributed by atoms with Crippen LogP contribution in [-0.4, -0.2) is 93.1 Å². The van der Waals surface area contributed by atoms with Crippen molar-refractivity contribution in [3.63, 3.8) is 0 Å². The number of aromatic hydroxyl groups is 1. The summed E-state index contributed by atoms with van der Waals surface area (Å²) >= 11 is 6.74. The predicted octanol–water partition coefficient (Wildman–Crippen LogP) is 5.08. The van der Waals surface area contributed by atoms with Gasteiger partial charge in [-0.1, -0.05) is 88.4 Å². The molecule has 1 unspecified atom stereocenters. The van der Waals surface area contributed by atoms with Gasteiger partial charge in [-0.05, 0) is 48.7 Å². The number of rotatable bonds is 11. The molecule has 4 aromatic carbocycles. The summed E-state index contributed by atoms with van der Waals surface area (Å²) in [5.41, 5.74) is 4.11. The highest BCUT2D eigenvalue weighted by molar-refractivity contribution is 7.85. The van der Waals surface area contributed by atoms with Gasteiger partial charge in [-0.15, -0.1) is 18.2 Å². The first-order valence-corrected chi connectivity index (χ1v) is 19.7. The van der Waals surface area contributed by atoms with Crippen LogP contribution < -0.4 is 0 Å². The SMILES string of the molecule is C=CCN1CC(=O)N2[C@@H](Cc3ccc(O)cc3)C(=O)N(Cc3cccc4c3[N+](S(=O)(=O)c3ccc(C)cc3)=CC4Cl)C[C@@H]2N1C(=O)CCc1ccccc1. The summed E-state index contributed by atoms with van der Waals surface area (Å²) in [5.74, 6) is -0.802. The summed E-state index contributed by atoms with van der Waals surface area (Å²) in [6.07, 6.45) is 3.01. The molecule has 4 aromatic rings. The van der Waals surface area contributed by atoms with Crippen molar-refractivity contribution >= 4 is 51.2 Å². The monoisotopic (exact) mass is 766 g/mol. The smallest absolute Gasteiger partial charge is 0.400 e. The number of nitrogens with zero attached hydrogens (tertiary/aromatic N) is 5. The van der Waals surface area contributed by atoms with Crippen LogP contribution in [0.2, 0.25) is 0 Å². The number of alkyl halides is 1. The Labute approximate surface area is 320 Å². The minimum absolute atomic E-state index is 0.0164. The van der Waals surface area contributed by atoms with Crippen molar-refractivity contribution in [2.45, 2.75) is 55.2 Å². The van der Waals surface area contributed by atoms with E-state index < -0.39 is 27.6 Å². The van der Waals surface area contributed by atoms with E-state index >= 15 is 0 Å². The summed E-state index contributed by atoms with van der Waals surface area (Å²) in [7, 11) is -4.08. The molecule has 54 heavy (non-hydrogen) atoms. The molecule has 0 radical (unpaired) electrons. The Morgan fingerprint density at radius 1 is 0.963 bits per heavy atom. The van der Waals surface area contributed by atoms with E-state index in [1.807, 2.05) is 37.3 Å². The van der Waals surface area contributed by atoms with Gasteiger partial charge in [0.05, 0.1) is 25.2 Å². The van der Waals surface area contributed by atoms with Gasteiger partial charge in [0.25, 0.3) is 0 Å². The molecule has 11 nitrogen and oxygen atoms in total. The number of carbonyl (C=O) groups excluding carboxylic acids is 3. The normalized spacial score (nSPS) is 20.1. The van der Waals surface area contributed by atoms with Gasteiger partial charge in [-0.3, -0.25) is 14.4 Å². The first kappa shape index (κ1) is 37.0. The summed E-state index contributed by atoms with van der Waals surface area (Å²) in [4.78, 5) is 46.2. The number of hydrogen-bond acceptors (Lipinski definition) is 7. The molecule has 3 atom stereocenters. The van der Waals surface area contributed by atoms with Crippen molar-refractivity contribution in [1.29, 1.82) is 0 Å². The van der Waals surface area contributed by atoms with Crippen LogP contribution in [0, 0.1) is 6.92 Å².